The predicted octanol–water partition coefficient (Wildman–Crippen LogP) is 1.93. The van der Waals surface area contributed by atoms with E-state index in [1.54, 1.807) is 36.4 Å². The molecule has 1 aromatic heterocycles. The Labute approximate surface area is 217 Å². The Hall–Kier alpha value is -4.10. The highest BCUT2D eigenvalue weighted by Crippen LogP contribution is 2.53. The number of nitrogens with one attached hydrogen (secondary N) is 1. The fraction of sp³-hybridized carbons (Fsp3) is 0.208. The fourth-order valence-electron chi connectivity index (χ4n) is 4.53. The first-order chi connectivity index (χ1) is 17.7. The Kier molecular flexibility index (Phi) is 6.25. The highest BCUT2D eigenvalue weighted by Gasteiger charge is 2.57. The van der Waals surface area contributed by atoms with E-state index < -0.39 is 45.7 Å². The number of thiazole rings is 1. The van der Waals surface area contributed by atoms with Crippen molar-refractivity contribution in [2.24, 2.45) is 11.7 Å². The maximum Gasteiger partial charge on any atom is 0.328 e. The van der Waals surface area contributed by atoms with Gasteiger partial charge >= 0.3 is 10.9 Å². The number of methoxy groups -OCH3 is 1. The van der Waals surface area contributed by atoms with Crippen LogP contribution in [0.25, 0.3) is 0 Å². The molecule has 5 amide bonds. The summed E-state index contributed by atoms with van der Waals surface area (Å²) < 4.78 is 6.37. The summed E-state index contributed by atoms with van der Waals surface area (Å²) in [6.07, 6.45) is 0. The zero-order chi connectivity index (χ0) is 26.4. The fourth-order valence-corrected chi connectivity index (χ4v) is 7.30. The number of primary amides is 1. The smallest absolute Gasteiger partial charge is 0.328 e. The number of urea groups is 1. The maximum absolute atomic E-state index is 13.2. The number of nitrogens with zero attached hydrogens (tertiary/aromatic N) is 2. The molecular formula is C24H20N4O7S2. The van der Waals surface area contributed by atoms with E-state index in [1.807, 2.05) is 0 Å². The lowest BCUT2D eigenvalue weighted by Gasteiger charge is -2.30. The van der Waals surface area contributed by atoms with Gasteiger partial charge in [0.25, 0.3) is 5.91 Å². The van der Waals surface area contributed by atoms with Crippen LogP contribution in [0.5, 0.6) is 11.5 Å². The largest absolute Gasteiger partial charge is 0.508 e. The van der Waals surface area contributed by atoms with E-state index >= 15 is 0 Å². The number of carbonyl (C=O) groups excluding carboxylic acids is 4. The summed E-state index contributed by atoms with van der Waals surface area (Å²) in [5.41, 5.74) is 6.39. The van der Waals surface area contributed by atoms with Crippen LogP contribution < -0.4 is 20.7 Å². The van der Waals surface area contributed by atoms with Crippen LogP contribution in [0.3, 0.4) is 0 Å². The molecule has 2 aliphatic heterocycles. The lowest BCUT2D eigenvalue weighted by Crippen LogP contribution is -2.41. The minimum absolute atomic E-state index is 0.000689. The van der Waals surface area contributed by atoms with Gasteiger partial charge in [0.05, 0.1) is 18.1 Å². The van der Waals surface area contributed by atoms with Gasteiger partial charge in [0, 0.05) is 16.5 Å². The van der Waals surface area contributed by atoms with E-state index in [1.165, 1.54) is 23.8 Å². The number of aromatic hydroxyl groups is 1. The van der Waals surface area contributed by atoms with Gasteiger partial charge in [0.1, 0.15) is 23.3 Å². The number of amides is 5. The molecule has 37 heavy (non-hydrogen) atoms. The van der Waals surface area contributed by atoms with Gasteiger partial charge in [0.2, 0.25) is 11.8 Å². The number of hydrogen-bond donors (Lipinski definition) is 3. The van der Waals surface area contributed by atoms with Gasteiger partial charge in [-0.25, -0.2) is 4.79 Å². The quantitative estimate of drug-likeness (QED) is 0.414. The van der Waals surface area contributed by atoms with Gasteiger partial charge in [-0.2, -0.15) is 4.90 Å². The minimum Gasteiger partial charge on any atom is -0.508 e. The number of benzene rings is 2. The zero-order valence-corrected chi connectivity index (χ0v) is 20.9. The Morgan fingerprint density at radius 2 is 1.73 bits per heavy atom. The molecule has 3 heterocycles. The predicted molar refractivity (Wildman–Crippen MR) is 135 cm³/mol. The number of fused-ring (bicyclic) bond motifs is 2. The van der Waals surface area contributed by atoms with E-state index in [0.29, 0.717) is 31.8 Å². The maximum atomic E-state index is 13.2. The highest BCUT2D eigenvalue weighted by atomic mass is 32.2. The molecule has 0 aliphatic carbocycles. The summed E-state index contributed by atoms with van der Waals surface area (Å²) in [6, 6.07) is 11.5. The van der Waals surface area contributed by atoms with Crippen LogP contribution in [0.1, 0.15) is 16.4 Å². The third-order valence-corrected chi connectivity index (χ3v) is 8.80. The number of phenols is 1. The molecule has 2 aliphatic rings. The van der Waals surface area contributed by atoms with E-state index in [0.717, 1.165) is 23.1 Å². The normalized spacial score (nSPS) is 20.4. The molecule has 2 aromatic carbocycles. The summed E-state index contributed by atoms with van der Waals surface area (Å²) in [7, 11) is 1.53. The number of nitrogens with two attached hydrogens (primary N) is 1. The van der Waals surface area contributed by atoms with Crippen molar-refractivity contribution in [3.8, 4) is 11.5 Å². The van der Waals surface area contributed by atoms with Gasteiger partial charge in [-0.15, -0.1) is 0 Å². The van der Waals surface area contributed by atoms with Crippen molar-refractivity contribution in [2.45, 2.75) is 22.7 Å². The summed E-state index contributed by atoms with van der Waals surface area (Å²) in [6.45, 7) is -0.328. The number of carbonyl (C=O) groups is 4. The Morgan fingerprint density at radius 3 is 2.35 bits per heavy atom. The van der Waals surface area contributed by atoms with Crippen LogP contribution in [0.2, 0.25) is 0 Å². The SMILES string of the molecule is COc1ccc(NC(=O)Cn2c3c(sc2=O)[C@@H](c2ccc(O)cc2)C2C(=O)N(C(N)=O)C(=O)C2S3)cc1. The summed E-state index contributed by atoms with van der Waals surface area (Å²) >= 11 is 1.84. The van der Waals surface area contributed by atoms with Gasteiger partial charge < -0.3 is 20.9 Å². The topological polar surface area (TPSA) is 161 Å². The number of phenolic OH excluding ortho intramolecular Hbond substituents is 1. The second-order valence-electron chi connectivity index (χ2n) is 8.38. The van der Waals surface area contributed by atoms with Crippen molar-refractivity contribution in [1.82, 2.24) is 9.47 Å². The number of anilines is 1. The standard InChI is InChI=1S/C24H20N4O7S2/c1-35-14-8-4-12(5-9-14)26-15(30)10-27-22-19(37-24(27)34)16(11-2-6-13(29)7-3-11)17-18(36-22)21(32)28(20(17)31)23(25)33/h2-9,16-18,29H,10H2,1H3,(H2,25,33)(H,26,30)/t16-,17?,18?/m0/s1. The molecule has 3 atom stereocenters. The van der Waals surface area contributed by atoms with Crippen LogP contribution in [0, 0.1) is 5.92 Å². The zero-order valence-electron chi connectivity index (χ0n) is 19.2. The minimum atomic E-state index is -1.17. The van der Waals surface area contributed by atoms with Crippen molar-refractivity contribution in [2.75, 3.05) is 12.4 Å². The Bertz CT molecular complexity index is 1480. The number of aromatic nitrogens is 1. The van der Waals surface area contributed by atoms with Crippen molar-refractivity contribution in [3.05, 3.63) is 68.6 Å². The van der Waals surface area contributed by atoms with Crippen LogP contribution in [0.15, 0.2) is 58.4 Å². The molecule has 0 bridgehead atoms. The second kappa shape index (κ2) is 9.41. The Morgan fingerprint density at radius 1 is 1.05 bits per heavy atom. The van der Waals surface area contributed by atoms with Gasteiger partial charge in [-0.1, -0.05) is 35.2 Å². The molecular weight excluding hydrogens is 520 g/mol. The number of hydrogen-bond acceptors (Lipinski definition) is 9. The van der Waals surface area contributed by atoms with Crippen LogP contribution in [-0.4, -0.2) is 50.7 Å². The highest BCUT2D eigenvalue weighted by molar-refractivity contribution is 8.00. The number of imide groups is 3. The molecule has 1 fully saturated rings. The molecule has 2 unspecified atom stereocenters. The molecule has 0 spiro atoms. The first-order valence-electron chi connectivity index (χ1n) is 11.0. The van der Waals surface area contributed by atoms with Gasteiger partial charge in [-0.3, -0.25) is 23.7 Å². The molecule has 190 valence electrons. The monoisotopic (exact) mass is 540 g/mol. The summed E-state index contributed by atoms with van der Waals surface area (Å²) in [4.78, 5) is 64.4. The second-order valence-corrected chi connectivity index (χ2v) is 10.5. The lowest BCUT2D eigenvalue weighted by molar-refractivity contribution is -0.135. The molecule has 11 nitrogen and oxygen atoms in total. The molecule has 3 aromatic rings. The average molecular weight is 541 g/mol. The third kappa shape index (κ3) is 4.25. The van der Waals surface area contributed by atoms with Gasteiger partial charge in [0.15, 0.2) is 0 Å². The molecule has 0 radical (unpaired) electrons. The van der Waals surface area contributed by atoms with Gasteiger partial charge in [-0.05, 0) is 42.0 Å². The van der Waals surface area contributed by atoms with Crippen molar-refractivity contribution >= 4 is 52.5 Å². The van der Waals surface area contributed by atoms with Crippen molar-refractivity contribution in [3.63, 3.8) is 0 Å². The number of likely N-dealkylation sites (tertiary alicyclic amines) is 1. The first kappa shape index (κ1) is 24.6. The molecule has 4 N–H and O–H groups in total. The van der Waals surface area contributed by atoms with E-state index in [9.17, 15) is 29.1 Å². The number of ether oxygens (including phenoxy) is 1. The molecule has 13 heteroatoms. The van der Waals surface area contributed by atoms with Crippen molar-refractivity contribution in [1.29, 1.82) is 0 Å². The number of thioether (sulfide) groups is 1. The molecule has 5 rings (SSSR count). The summed E-state index contributed by atoms with van der Waals surface area (Å²) in [5.74, 6) is -3.11. The molecule has 0 saturated carbocycles. The van der Waals surface area contributed by atoms with Crippen LogP contribution in [0.4, 0.5) is 10.5 Å². The molecule has 1 saturated heterocycles. The van der Waals surface area contributed by atoms with E-state index in [4.69, 9.17) is 10.5 Å². The first-order valence-corrected chi connectivity index (χ1v) is 12.7. The van der Waals surface area contributed by atoms with Crippen LogP contribution in [-0.2, 0) is 20.9 Å². The number of rotatable bonds is 5. The third-order valence-electron chi connectivity index (χ3n) is 6.20. The average Bonchev–Trinajstić information content (AvgIpc) is 3.31. The van der Waals surface area contributed by atoms with Crippen molar-refractivity contribution < 1.29 is 29.0 Å². The summed E-state index contributed by atoms with van der Waals surface area (Å²) in [5, 5.41) is 11.8. The van der Waals surface area contributed by atoms with Crippen LogP contribution >= 0.6 is 23.1 Å². The Balaban J connectivity index is 1.53. The lowest BCUT2D eigenvalue weighted by atomic mass is 9.83. The van der Waals surface area contributed by atoms with E-state index in [-0.39, 0.29) is 12.3 Å². The van der Waals surface area contributed by atoms with E-state index in [2.05, 4.69) is 5.32 Å².